The molecule has 0 aliphatic rings. The SMILES string of the molecule is C(#Cc1ccccc1C#Cc1ccc(-c2ccncn2)cc1)c1ccc(-c2ccncn2)cc1. The van der Waals surface area contributed by atoms with Gasteiger partial charge in [-0.2, -0.15) is 0 Å². The Hall–Kier alpha value is -5.06. The van der Waals surface area contributed by atoms with Crippen molar-refractivity contribution in [1.82, 2.24) is 19.9 Å². The highest BCUT2D eigenvalue weighted by Gasteiger charge is 2.00. The first-order valence-corrected chi connectivity index (χ1v) is 10.7. The van der Waals surface area contributed by atoms with Crippen LogP contribution in [0.15, 0.2) is 110 Å². The van der Waals surface area contributed by atoms with Gasteiger partial charge in [0.15, 0.2) is 0 Å². The second kappa shape index (κ2) is 10.0. The van der Waals surface area contributed by atoms with Crippen molar-refractivity contribution in [3.63, 3.8) is 0 Å². The number of rotatable bonds is 2. The van der Waals surface area contributed by atoms with E-state index in [4.69, 9.17) is 0 Å². The topological polar surface area (TPSA) is 51.6 Å². The molecule has 0 unspecified atom stereocenters. The van der Waals surface area contributed by atoms with Crippen LogP contribution in [0.4, 0.5) is 0 Å². The minimum atomic E-state index is 0.889. The lowest BCUT2D eigenvalue weighted by atomic mass is 10.1. The Morgan fingerprint density at radius 3 is 1.26 bits per heavy atom. The lowest BCUT2D eigenvalue weighted by Gasteiger charge is -2.00. The summed E-state index contributed by atoms with van der Waals surface area (Å²) in [5.74, 6) is 13.0. The third-order valence-corrected chi connectivity index (χ3v) is 5.14. The largest absolute Gasteiger partial charge is 0.245 e. The Bertz CT molecular complexity index is 1400. The van der Waals surface area contributed by atoms with E-state index in [9.17, 15) is 0 Å². The zero-order chi connectivity index (χ0) is 23.0. The number of benzene rings is 3. The summed E-state index contributed by atoms with van der Waals surface area (Å²) in [5, 5.41) is 0. The monoisotopic (exact) mass is 434 g/mol. The molecule has 5 aromatic rings. The van der Waals surface area contributed by atoms with Crippen LogP contribution in [0.5, 0.6) is 0 Å². The average molecular weight is 435 g/mol. The maximum absolute atomic E-state index is 4.28. The highest BCUT2D eigenvalue weighted by molar-refractivity contribution is 5.62. The summed E-state index contributed by atoms with van der Waals surface area (Å²) < 4.78 is 0. The number of hydrogen-bond acceptors (Lipinski definition) is 4. The maximum atomic E-state index is 4.28. The fourth-order valence-electron chi connectivity index (χ4n) is 3.35. The van der Waals surface area contributed by atoms with Crippen LogP contribution < -0.4 is 0 Å². The predicted molar refractivity (Wildman–Crippen MR) is 133 cm³/mol. The number of hydrogen-bond donors (Lipinski definition) is 0. The van der Waals surface area contributed by atoms with Crippen molar-refractivity contribution < 1.29 is 0 Å². The first kappa shape index (κ1) is 20.8. The molecule has 0 radical (unpaired) electrons. The van der Waals surface area contributed by atoms with E-state index in [1.54, 1.807) is 25.0 Å². The molecule has 0 atom stereocenters. The molecule has 2 heterocycles. The highest BCUT2D eigenvalue weighted by Crippen LogP contribution is 2.17. The minimum absolute atomic E-state index is 0.889. The van der Waals surface area contributed by atoms with Gasteiger partial charge in [-0.3, -0.25) is 0 Å². The summed E-state index contributed by atoms with van der Waals surface area (Å²) in [6.07, 6.45) is 6.57. The van der Waals surface area contributed by atoms with Gasteiger partial charge in [0.25, 0.3) is 0 Å². The molecule has 4 nitrogen and oxygen atoms in total. The van der Waals surface area contributed by atoms with Gasteiger partial charge < -0.3 is 0 Å². The van der Waals surface area contributed by atoms with Gasteiger partial charge in [0.05, 0.1) is 11.4 Å². The first-order valence-electron chi connectivity index (χ1n) is 10.7. The second-order valence-corrected chi connectivity index (χ2v) is 7.39. The van der Waals surface area contributed by atoms with Crippen LogP contribution >= 0.6 is 0 Å². The van der Waals surface area contributed by atoms with Gasteiger partial charge in [-0.1, -0.05) is 60.1 Å². The van der Waals surface area contributed by atoms with E-state index < -0.39 is 0 Å². The van der Waals surface area contributed by atoms with Crippen LogP contribution in [0.1, 0.15) is 22.3 Å². The maximum Gasteiger partial charge on any atom is 0.116 e. The summed E-state index contributed by atoms with van der Waals surface area (Å²) >= 11 is 0. The standard InChI is InChI=1S/C30H18N4/c1-2-4-26(12-6-24-9-15-28(16-10-24)30-18-20-32-22-34-30)25(3-1)11-5-23-7-13-27(14-8-23)29-17-19-31-21-33-29/h1-4,7-10,13-22H. The number of aromatic nitrogens is 4. The van der Waals surface area contributed by atoms with Crippen molar-refractivity contribution in [3.8, 4) is 46.2 Å². The average Bonchev–Trinajstić information content (AvgIpc) is 2.93. The summed E-state index contributed by atoms with van der Waals surface area (Å²) in [6, 6.07) is 27.8. The van der Waals surface area contributed by atoms with Crippen molar-refractivity contribution >= 4 is 0 Å². The van der Waals surface area contributed by atoms with E-state index in [1.165, 1.54) is 0 Å². The van der Waals surface area contributed by atoms with E-state index in [-0.39, 0.29) is 0 Å². The molecule has 0 saturated heterocycles. The van der Waals surface area contributed by atoms with Gasteiger partial charge in [-0.25, -0.2) is 19.9 Å². The lowest BCUT2D eigenvalue weighted by Crippen LogP contribution is -1.86. The van der Waals surface area contributed by atoms with Gasteiger partial charge in [0.1, 0.15) is 12.7 Å². The van der Waals surface area contributed by atoms with Crippen molar-refractivity contribution in [3.05, 3.63) is 132 Å². The molecule has 4 heteroatoms. The molecular weight excluding hydrogens is 416 g/mol. The quantitative estimate of drug-likeness (QED) is 0.349. The molecule has 34 heavy (non-hydrogen) atoms. The molecule has 0 N–H and O–H groups in total. The van der Waals surface area contributed by atoms with E-state index in [2.05, 4.69) is 43.6 Å². The van der Waals surface area contributed by atoms with Gasteiger partial charge in [-0.15, -0.1) is 0 Å². The van der Waals surface area contributed by atoms with Crippen LogP contribution in [-0.4, -0.2) is 19.9 Å². The van der Waals surface area contributed by atoms with Crippen LogP contribution in [0.3, 0.4) is 0 Å². The normalized spacial score (nSPS) is 9.88. The third kappa shape index (κ3) is 5.05. The Morgan fingerprint density at radius 2 is 0.882 bits per heavy atom. The Morgan fingerprint density at radius 1 is 0.441 bits per heavy atom. The summed E-state index contributed by atoms with van der Waals surface area (Å²) in [7, 11) is 0. The summed E-state index contributed by atoms with van der Waals surface area (Å²) in [5.41, 5.74) is 7.50. The molecule has 0 saturated carbocycles. The van der Waals surface area contributed by atoms with Gasteiger partial charge in [0.2, 0.25) is 0 Å². The first-order chi connectivity index (χ1) is 16.8. The second-order valence-electron chi connectivity index (χ2n) is 7.39. The Labute approximate surface area is 198 Å². The van der Waals surface area contributed by atoms with Crippen LogP contribution in [-0.2, 0) is 0 Å². The van der Waals surface area contributed by atoms with Crippen molar-refractivity contribution in [2.45, 2.75) is 0 Å². The molecule has 158 valence electrons. The molecule has 0 amide bonds. The highest BCUT2D eigenvalue weighted by atomic mass is 14.8. The van der Waals surface area contributed by atoms with E-state index in [1.807, 2.05) is 84.9 Å². The number of nitrogens with zero attached hydrogens (tertiary/aromatic N) is 4. The molecule has 2 aromatic heterocycles. The Balaban J connectivity index is 1.35. The molecule has 0 aliphatic heterocycles. The van der Waals surface area contributed by atoms with Crippen molar-refractivity contribution in [2.75, 3.05) is 0 Å². The summed E-state index contributed by atoms with van der Waals surface area (Å²) in [4.78, 5) is 16.5. The fraction of sp³-hybridized carbons (Fsp3) is 0. The molecule has 0 spiro atoms. The van der Waals surface area contributed by atoms with E-state index >= 15 is 0 Å². The van der Waals surface area contributed by atoms with Crippen molar-refractivity contribution in [1.29, 1.82) is 0 Å². The van der Waals surface area contributed by atoms with Crippen LogP contribution in [0.2, 0.25) is 0 Å². The zero-order valence-electron chi connectivity index (χ0n) is 18.2. The van der Waals surface area contributed by atoms with Gasteiger partial charge >= 0.3 is 0 Å². The Kier molecular flexibility index (Phi) is 6.15. The van der Waals surface area contributed by atoms with Crippen molar-refractivity contribution in [2.24, 2.45) is 0 Å². The molecule has 0 fully saturated rings. The summed E-state index contributed by atoms with van der Waals surface area (Å²) in [6.45, 7) is 0. The van der Waals surface area contributed by atoms with Gasteiger partial charge in [-0.05, 0) is 48.5 Å². The minimum Gasteiger partial charge on any atom is -0.245 e. The predicted octanol–water partition coefficient (Wildman–Crippen LogP) is 5.40. The van der Waals surface area contributed by atoms with E-state index in [0.29, 0.717) is 0 Å². The lowest BCUT2D eigenvalue weighted by molar-refractivity contribution is 1.17. The van der Waals surface area contributed by atoms with Crippen LogP contribution in [0.25, 0.3) is 22.5 Å². The molecule has 0 aliphatic carbocycles. The van der Waals surface area contributed by atoms with Gasteiger partial charge in [0, 0.05) is 45.8 Å². The molecule has 5 rings (SSSR count). The smallest absolute Gasteiger partial charge is 0.116 e. The molecule has 0 bridgehead atoms. The zero-order valence-corrected chi connectivity index (χ0v) is 18.2. The van der Waals surface area contributed by atoms with Crippen LogP contribution in [0, 0.1) is 23.7 Å². The molecule has 3 aromatic carbocycles. The van der Waals surface area contributed by atoms with E-state index in [0.717, 1.165) is 44.8 Å². The third-order valence-electron chi connectivity index (χ3n) is 5.14. The molecular formula is C30H18N4. The fourth-order valence-corrected chi connectivity index (χ4v) is 3.35.